The molecule has 1 aliphatic rings. The number of nitrogens with zero attached hydrogens (tertiary/aromatic N) is 5. The van der Waals surface area contributed by atoms with Crippen molar-refractivity contribution in [3.63, 3.8) is 0 Å². The Balaban J connectivity index is 1.10. The maximum atomic E-state index is 13.0. The van der Waals surface area contributed by atoms with Crippen LogP contribution in [0.2, 0.25) is 10.0 Å². The Kier molecular flexibility index (Phi) is 11.2. The second-order valence-electron chi connectivity index (χ2n) is 10.7. The van der Waals surface area contributed by atoms with Crippen LogP contribution in [0, 0.1) is 0 Å². The fourth-order valence-electron chi connectivity index (χ4n) is 5.17. The molecule has 0 aliphatic carbocycles. The normalized spacial score (nSPS) is 14.9. The molecule has 2 heterocycles. The zero-order valence-corrected chi connectivity index (χ0v) is 26.9. The maximum Gasteiger partial charge on any atom is 0.260 e. The molecule has 0 radical (unpaired) electrons. The monoisotopic (exact) mass is 651 g/mol. The lowest BCUT2D eigenvalue weighted by Gasteiger charge is -2.40. The number of hydrogen-bond acceptors (Lipinski definition) is 6. The topological polar surface area (TPSA) is 80.6 Å². The minimum atomic E-state index is -0.0638. The highest BCUT2D eigenvalue weighted by atomic mass is 35.5. The lowest BCUT2D eigenvalue weighted by Crippen LogP contribution is -2.56. The van der Waals surface area contributed by atoms with Gasteiger partial charge in [-0.25, -0.2) is 0 Å². The number of thioether (sulfide) groups is 1. The number of aromatic nitrogens is 3. The van der Waals surface area contributed by atoms with E-state index < -0.39 is 0 Å². The summed E-state index contributed by atoms with van der Waals surface area (Å²) in [6.45, 7) is 3.54. The molecule has 1 aromatic heterocycles. The molecule has 0 spiro atoms. The van der Waals surface area contributed by atoms with Gasteiger partial charge in [-0.3, -0.25) is 14.2 Å². The molecule has 0 saturated carbocycles. The van der Waals surface area contributed by atoms with Crippen molar-refractivity contribution in [1.82, 2.24) is 24.6 Å². The average Bonchev–Trinajstić information content (AvgIpc) is 3.43. The molecular formula is C33H35Cl2N5O3S. The van der Waals surface area contributed by atoms with Crippen LogP contribution in [0.15, 0.2) is 84.0 Å². The van der Waals surface area contributed by atoms with Crippen molar-refractivity contribution < 1.29 is 14.3 Å². The number of piperazine rings is 1. The summed E-state index contributed by atoms with van der Waals surface area (Å²) in [4.78, 5) is 29.4. The molecule has 1 aliphatic heterocycles. The fourth-order valence-corrected chi connectivity index (χ4v) is 6.43. The van der Waals surface area contributed by atoms with Gasteiger partial charge in [0.05, 0.1) is 15.7 Å². The summed E-state index contributed by atoms with van der Waals surface area (Å²) in [5.41, 5.74) is 1.99. The van der Waals surface area contributed by atoms with E-state index >= 15 is 0 Å². The maximum absolute atomic E-state index is 13.0. The molecule has 1 saturated heterocycles. The van der Waals surface area contributed by atoms with Gasteiger partial charge in [0, 0.05) is 44.3 Å². The van der Waals surface area contributed by atoms with Crippen molar-refractivity contribution >= 4 is 46.8 Å². The number of hydrogen-bond donors (Lipinski definition) is 0. The Morgan fingerprint density at radius 1 is 0.909 bits per heavy atom. The predicted octanol–water partition coefficient (Wildman–Crippen LogP) is 6.57. The molecule has 1 fully saturated rings. The van der Waals surface area contributed by atoms with Gasteiger partial charge in [-0.1, -0.05) is 83.5 Å². The van der Waals surface area contributed by atoms with E-state index in [1.54, 1.807) is 22.7 Å². The van der Waals surface area contributed by atoms with Gasteiger partial charge < -0.3 is 14.5 Å². The first-order chi connectivity index (χ1) is 21.4. The summed E-state index contributed by atoms with van der Waals surface area (Å²) < 4.78 is 7.65. The molecule has 2 amide bonds. The summed E-state index contributed by atoms with van der Waals surface area (Å²) in [5.74, 6) is 2.33. The number of amides is 2. The van der Waals surface area contributed by atoms with Gasteiger partial charge in [0.1, 0.15) is 11.6 Å². The van der Waals surface area contributed by atoms with Crippen molar-refractivity contribution in [3.8, 4) is 11.4 Å². The number of unbranched alkanes of at least 4 members (excludes halogenated alkanes) is 1. The molecule has 1 unspecified atom stereocenters. The quantitative estimate of drug-likeness (QED) is 0.127. The first-order valence-corrected chi connectivity index (χ1v) is 16.4. The number of carbonyl (C=O) groups is 2. The Hall–Kier alpha value is -3.53. The van der Waals surface area contributed by atoms with Crippen LogP contribution in [0.4, 0.5) is 0 Å². The first kappa shape index (κ1) is 31.9. The van der Waals surface area contributed by atoms with Crippen LogP contribution < -0.4 is 4.74 Å². The first-order valence-electron chi connectivity index (χ1n) is 14.7. The predicted molar refractivity (Wildman–Crippen MR) is 175 cm³/mol. The molecule has 5 rings (SSSR count). The minimum absolute atomic E-state index is 0.00741. The molecule has 3 aromatic carbocycles. The third kappa shape index (κ3) is 8.34. The van der Waals surface area contributed by atoms with E-state index in [4.69, 9.17) is 27.9 Å². The van der Waals surface area contributed by atoms with E-state index in [0.717, 1.165) is 40.8 Å². The molecule has 0 bridgehead atoms. The Labute approximate surface area is 272 Å². The average molecular weight is 653 g/mol. The number of para-hydroxylation sites is 1. The molecular weight excluding hydrogens is 617 g/mol. The third-order valence-electron chi connectivity index (χ3n) is 7.49. The Morgan fingerprint density at radius 2 is 1.66 bits per heavy atom. The van der Waals surface area contributed by atoms with E-state index in [9.17, 15) is 9.59 Å². The van der Waals surface area contributed by atoms with Crippen LogP contribution >= 0.6 is 35.0 Å². The molecule has 4 aromatic rings. The van der Waals surface area contributed by atoms with Gasteiger partial charge in [0.2, 0.25) is 5.91 Å². The second kappa shape index (κ2) is 15.5. The molecule has 230 valence electrons. The summed E-state index contributed by atoms with van der Waals surface area (Å²) >= 11 is 14.1. The number of carbonyl (C=O) groups excluding carboxylic acids is 2. The molecule has 0 N–H and O–H groups in total. The zero-order valence-electron chi connectivity index (χ0n) is 24.6. The highest BCUT2D eigenvalue weighted by Crippen LogP contribution is 2.29. The smallest absolute Gasteiger partial charge is 0.260 e. The second-order valence-corrected chi connectivity index (χ2v) is 12.6. The lowest BCUT2D eigenvalue weighted by molar-refractivity contribution is -0.143. The lowest BCUT2D eigenvalue weighted by atomic mass is 10.1. The van der Waals surface area contributed by atoms with Crippen molar-refractivity contribution in [2.45, 2.75) is 43.8 Å². The zero-order chi connectivity index (χ0) is 30.9. The van der Waals surface area contributed by atoms with Crippen molar-refractivity contribution in [1.29, 1.82) is 0 Å². The van der Waals surface area contributed by atoms with Gasteiger partial charge in [0.25, 0.3) is 5.91 Å². The van der Waals surface area contributed by atoms with Crippen LogP contribution in [0.3, 0.4) is 0 Å². The van der Waals surface area contributed by atoms with E-state index in [1.165, 1.54) is 0 Å². The van der Waals surface area contributed by atoms with Crippen LogP contribution in [0.1, 0.15) is 37.6 Å². The summed E-state index contributed by atoms with van der Waals surface area (Å²) in [6, 6.07) is 24.9. The van der Waals surface area contributed by atoms with Gasteiger partial charge >= 0.3 is 0 Å². The minimum Gasteiger partial charge on any atom is -0.484 e. The van der Waals surface area contributed by atoms with Crippen molar-refractivity contribution in [3.05, 3.63) is 100 Å². The summed E-state index contributed by atoms with van der Waals surface area (Å²) in [5, 5.41) is 10.7. The Morgan fingerprint density at radius 3 is 2.39 bits per heavy atom. The van der Waals surface area contributed by atoms with Gasteiger partial charge in [0.15, 0.2) is 11.8 Å². The highest BCUT2D eigenvalue weighted by molar-refractivity contribution is 7.99. The van der Waals surface area contributed by atoms with Crippen LogP contribution in [-0.2, 0) is 16.0 Å². The SMILES string of the molecule is CC1CN(C(=O)CCCCSc2nnc(Cc3ccccc3)n2-c2ccc(Cl)c(Cl)c2)CCN1C(=O)COc1ccccc1. The highest BCUT2D eigenvalue weighted by Gasteiger charge is 2.29. The number of rotatable bonds is 12. The van der Waals surface area contributed by atoms with Gasteiger partial charge in [-0.15, -0.1) is 10.2 Å². The van der Waals surface area contributed by atoms with Crippen molar-refractivity contribution in [2.75, 3.05) is 32.0 Å². The van der Waals surface area contributed by atoms with Gasteiger partial charge in [-0.2, -0.15) is 0 Å². The molecule has 1 atom stereocenters. The number of benzene rings is 3. The van der Waals surface area contributed by atoms with E-state index in [0.29, 0.717) is 48.3 Å². The standard InChI is InChI=1S/C33H35Cl2N5O3S/c1-24-22-38(17-18-39(24)32(42)23-43-27-12-6-3-7-13-27)31(41)14-8-9-19-44-33-37-36-30(20-25-10-4-2-5-11-25)40(33)26-15-16-28(34)29(35)21-26/h2-7,10-13,15-16,21,24H,8-9,14,17-20,22-23H2,1H3. The van der Waals surface area contributed by atoms with E-state index in [-0.39, 0.29) is 24.5 Å². The molecule has 8 nitrogen and oxygen atoms in total. The molecule has 44 heavy (non-hydrogen) atoms. The number of ether oxygens (including phenoxy) is 1. The molecule has 11 heteroatoms. The van der Waals surface area contributed by atoms with Crippen molar-refractivity contribution in [2.24, 2.45) is 0 Å². The Bertz CT molecular complexity index is 1550. The summed E-state index contributed by atoms with van der Waals surface area (Å²) in [6.07, 6.45) is 2.71. The van der Waals surface area contributed by atoms with Crippen LogP contribution in [-0.4, -0.2) is 74.4 Å². The van der Waals surface area contributed by atoms with Crippen LogP contribution in [0.5, 0.6) is 5.75 Å². The third-order valence-corrected chi connectivity index (χ3v) is 9.24. The number of halogens is 2. The van der Waals surface area contributed by atoms with Gasteiger partial charge in [-0.05, 0) is 55.7 Å². The van der Waals surface area contributed by atoms with E-state index in [1.807, 2.05) is 77.1 Å². The van der Waals surface area contributed by atoms with E-state index in [2.05, 4.69) is 22.3 Å². The van der Waals surface area contributed by atoms with Crippen LogP contribution in [0.25, 0.3) is 5.69 Å². The largest absolute Gasteiger partial charge is 0.484 e. The fraction of sp³-hybridized carbons (Fsp3) is 0.333. The summed E-state index contributed by atoms with van der Waals surface area (Å²) in [7, 11) is 0.